The number of hydrogen-bond donors (Lipinski definition) is 3. The second kappa shape index (κ2) is 13.1. The number of aliphatic hydroxyl groups is 3. The molecule has 3 N–H and O–H groups in total. The molecule has 8 atom stereocenters. The summed E-state index contributed by atoms with van der Waals surface area (Å²) < 4.78 is 5.83. The Morgan fingerprint density at radius 2 is 1.97 bits per heavy atom. The first-order chi connectivity index (χ1) is 14.1. The molecular weight excluding hydrogens is 411 g/mol. The summed E-state index contributed by atoms with van der Waals surface area (Å²) in [6.07, 6.45) is 4.31. The predicted octanol–water partition coefficient (Wildman–Crippen LogP) is -1.89. The third-order valence-electron chi connectivity index (χ3n) is 6.43. The van der Waals surface area contributed by atoms with Gasteiger partial charge in [0.1, 0.15) is 6.10 Å². The van der Waals surface area contributed by atoms with E-state index in [0.29, 0.717) is 25.7 Å². The standard InChI is InChI=1S/C23H36O7.Na/c1-4-13(2)23(29)30-20-11-17(25)9-15-6-5-14(3)19(22(15)20)8-7-16(24)10-18(26)12-21(27)28;/h5-6,9,13-14,16-20,22,24-26H,4,7-8,10-12H2,1-3H3,(H,27,28);/q;+1/p-1/t13?,14?,16?,17?,18?,19?,20?,22-;/m0./s1. The molecule has 7 nitrogen and oxygen atoms in total. The molecule has 0 aromatic heterocycles. The van der Waals surface area contributed by atoms with Crippen LogP contribution in [0.15, 0.2) is 23.8 Å². The summed E-state index contributed by atoms with van der Waals surface area (Å²) in [5.74, 6) is -1.60. The maximum Gasteiger partial charge on any atom is 1.00 e. The number of aliphatic hydroxyl groups excluding tert-OH is 3. The van der Waals surface area contributed by atoms with E-state index < -0.39 is 36.8 Å². The van der Waals surface area contributed by atoms with Gasteiger partial charge in [-0.05, 0) is 43.1 Å². The number of allylic oxidation sites excluding steroid dienone is 2. The van der Waals surface area contributed by atoms with Crippen LogP contribution in [0.1, 0.15) is 59.3 Å². The normalized spacial score (nSPS) is 30.3. The number of carboxylic acid groups (broad SMARTS) is 1. The van der Waals surface area contributed by atoms with E-state index in [1.165, 1.54) is 0 Å². The van der Waals surface area contributed by atoms with E-state index >= 15 is 0 Å². The molecule has 2 aliphatic rings. The van der Waals surface area contributed by atoms with Crippen molar-refractivity contribution in [3.8, 4) is 0 Å². The van der Waals surface area contributed by atoms with Crippen LogP contribution in [0.25, 0.3) is 0 Å². The van der Waals surface area contributed by atoms with E-state index in [-0.39, 0.29) is 65.6 Å². The molecule has 8 heteroatoms. The van der Waals surface area contributed by atoms with Crippen LogP contribution in [0.2, 0.25) is 0 Å². The van der Waals surface area contributed by atoms with Gasteiger partial charge < -0.3 is 30.0 Å². The van der Waals surface area contributed by atoms with Gasteiger partial charge in [-0.1, -0.05) is 39.0 Å². The number of esters is 1. The molecule has 0 fully saturated rings. The first-order valence-electron chi connectivity index (χ1n) is 11.0. The van der Waals surface area contributed by atoms with Gasteiger partial charge in [0, 0.05) is 24.7 Å². The SMILES string of the molecule is CCC(C)C(=O)OC1CC(O)C=C2C=CC(C)C(CCC(O)CC(O)CC(=O)[O-])[C@H]21.[Na+]. The molecule has 0 saturated carbocycles. The van der Waals surface area contributed by atoms with Crippen LogP contribution in [0.4, 0.5) is 0 Å². The van der Waals surface area contributed by atoms with Gasteiger partial charge in [-0.3, -0.25) is 4.79 Å². The summed E-state index contributed by atoms with van der Waals surface area (Å²) in [5, 5.41) is 40.8. The molecule has 170 valence electrons. The third-order valence-corrected chi connectivity index (χ3v) is 6.43. The maximum absolute atomic E-state index is 12.4. The van der Waals surface area contributed by atoms with E-state index in [4.69, 9.17) is 4.74 Å². The number of rotatable bonds is 10. The van der Waals surface area contributed by atoms with Gasteiger partial charge in [0.15, 0.2) is 0 Å². The van der Waals surface area contributed by atoms with Crippen molar-refractivity contribution in [1.29, 1.82) is 0 Å². The van der Waals surface area contributed by atoms with Gasteiger partial charge in [-0.15, -0.1) is 0 Å². The summed E-state index contributed by atoms with van der Waals surface area (Å²) in [6, 6.07) is 0. The van der Waals surface area contributed by atoms with Crippen molar-refractivity contribution in [3.63, 3.8) is 0 Å². The number of aliphatic carboxylic acids is 1. The molecule has 31 heavy (non-hydrogen) atoms. The first kappa shape index (κ1) is 28.3. The van der Waals surface area contributed by atoms with Crippen LogP contribution in [-0.2, 0) is 14.3 Å². The molecule has 7 unspecified atom stereocenters. The largest absolute Gasteiger partial charge is 1.00 e. The molecule has 0 amide bonds. The summed E-state index contributed by atoms with van der Waals surface area (Å²) in [6.45, 7) is 5.83. The summed E-state index contributed by atoms with van der Waals surface area (Å²) >= 11 is 0. The van der Waals surface area contributed by atoms with Crippen molar-refractivity contribution < 1.29 is 64.3 Å². The topological polar surface area (TPSA) is 127 Å². The number of carbonyl (C=O) groups is 2. The summed E-state index contributed by atoms with van der Waals surface area (Å²) in [5.41, 5.74) is 0.949. The molecule has 2 aliphatic carbocycles. The molecule has 0 bridgehead atoms. The molecule has 0 saturated heterocycles. The minimum absolute atomic E-state index is 0. The second-order valence-electron chi connectivity index (χ2n) is 8.86. The molecule has 0 radical (unpaired) electrons. The van der Waals surface area contributed by atoms with Crippen LogP contribution in [0.5, 0.6) is 0 Å². The minimum atomic E-state index is -1.35. The maximum atomic E-state index is 12.4. The number of fused-ring (bicyclic) bond motifs is 1. The molecule has 0 aliphatic heterocycles. The van der Waals surface area contributed by atoms with Gasteiger partial charge >= 0.3 is 35.5 Å². The Morgan fingerprint density at radius 3 is 2.58 bits per heavy atom. The Hall–Kier alpha value is -0.700. The first-order valence-corrected chi connectivity index (χ1v) is 11.0. The average Bonchev–Trinajstić information content (AvgIpc) is 2.65. The Kier molecular flexibility index (Phi) is 12.0. The van der Waals surface area contributed by atoms with Gasteiger partial charge in [0.25, 0.3) is 0 Å². The van der Waals surface area contributed by atoms with Crippen LogP contribution >= 0.6 is 0 Å². The average molecular weight is 447 g/mol. The van der Waals surface area contributed by atoms with E-state index in [0.717, 1.165) is 5.57 Å². The summed E-state index contributed by atoms with van der Waals surface area (Å²) in [7, 11) is 0. The van der Waals surface area contributed by atoms with Crippen molar-refractivity contribution in [2.24, 2.45) is 23.7 Å². The fourth-order valence-corrected chi connectivity index (χ4v) is 4.51. The third kappa shape index (κ3) is 8.30. The second-order valence-corrected chi connectivity index (χ2v) is 8.86. The summed E-state index contributed by atoms with van der Waals surface area (Å²) in [4.78, 5) is 23.0. The molecule has 2 rings (SSSR count). The number of hydrogen-bond acceptors (Lipinski definition) is 7. The number of carboxylic acids is 1. The van der Waals surface area contributed by atoms with Crippen molar-refractivity contribution >= 4 is 11.9 Å². The van der Waals surface area contributed by atoms with Crippen LogP contribution in [0, 0.1) is 23.7 Å². The van der Waals surface area contributed by atoms with Crippen LogP contribution in [0.3, 0.4) is 0 Å². The van der Waals surface area contributed by atoms with Crippen molar-refractivity contribution in [1.82, 2.24) is 0 Å². The zero-order valence-electron chi connectivity index (χ0n) is 19.1. The fraction of sp³-hybridized carbons (Fsp3) is 0.739. The predicted molar refractivity (Wildman–Crippen MR) is 109 cm³/mol. The van der Waals surface area contributed by atoms with Crippen LogP contribution < -0.4 is 34.7 Å². The molecule has 0 aromatic rings. The minimum Gasteiger partial charge on any atom is -0.550 e. The van der Waals surface area contributed by atoms with Crippen molar-refractivity contribution in [2.45, 2.75) is 83.7 Å². The Bertz CT molecular complexity index is 662. The number of carbonyl (C=O) groups excluding carboxylic acids is 2. The van der Waals surface area contributed by atoms with Crippen LogP contribution in [-0.4, -0.2) is 51.7 Å². The van der Waals surface area contributed by atoms with E-state index in [9.17, 15) is 30.0 Å². The van der Waals surface area contributed by atoms with Gasteiger partial charge in [-0.25, -0.2) is 0 Å². The Labute approximate surface area is 206 Å². The van der Waals surface area contributed by atoms with Crippen molar-refractivity contribution in [2.75, 3.05) is 0 Å². The van der Waals surface area contributed by atoms with Gasteiger partial charge in [0.05, 0.1) is 24.2 Å². The quantitative estimate of drug-likeness (QED) is 0.265. The van der Waals surface area contributed by atoms with E-state index in [1.807, 2.05) is 26.0 Å². The smallest absolute Gasteiger partial charge is 0.550 e. The monoisotopic (exact) mass is 446 g/mol. The van der Waals surface area contributed by atoms with Gasteiger partial charge in [-0.2, -0.15) is 0 Å². The van der Waals surface area contributed by atoms with Gasteiger partial charge in [0.2, 0.25) is 0 Å². The molecule has 0 heterocycles. The molecule has 0 spiro atoms. The Morgan fingerprint density at radius 1 is 1.29 bits per heavy atom. The molecule has 0 aromatic carbocycles. The zero-order valence-corrected chi connectivity index (χ0v) is 21.1. The Balaban J connectivity index is 0.00000480. The van der Waals surface area contributed by atoms with Crippen molar-refractivity contribution in [3.05, 3.63) is 23.8 Å². The van der Waals surface area contributed by atoms with E-state index in [2.05, 4.69) is 13.0 Å². The molecular formula is C23H35NaO7. The van der Waals surface area contributed by atoms with E-state index in [1.54, 1.807) is 0 Å². The fourth-order valence-electron chi connectivity index (χ4n) is 4.51. The zero-order chi connectivity index (χ0) is 22.4. The number of ether oxygens (including phenoxy) is 1.